The van der Waals surface area contributed by atoms with Crippen LogP contribution in [0.1, 0.15) is 17.0 Å². The molecule has 0 amide bonds. The third-order valence-corrected chi connectivity index (χ3v) is 5.37. The standard InChI is InChI=1S/C17H19N3O2S/c1-12-5-3-4-6-17(12)23(21,22)18-10-9-14-7-8-15-16(11-14)20-13(2)19-15/h3-8,11,18H,9-10H2,1-2H3,(H,19,20). The van der Waals surface area contributed by atoms with Gasteiger partial charge in [0.15, 0.2) is 0 Å². The summed E-state index contributed by atoms with van der Waals surface area (Å²) in [4.78, 5) is 7.88. The first-order valence-corrected chi connectivity index (χ1v) is 8.94. The van der Waals surface area contributed by atoms with Crippen LogP contribution in [-0.4, -0.2) is 24.9 Å². The van der Waals surface area contributed by atoms with E-state index >= 15 is 0 Å². The van der Waals surface area contributed by atoms with Gasteiger partial charge in [-0.2, -0.15) is 0 Å². The van der Waals surface area contributed by atoms with Crippen molar-refractivity contribution in [3.8, 4) is 0 Å². The zero-order valence-electron chi connectivity index (χ0n) is 13.1. The van der Waals surface area contributed by atoms with E-state index in [1.165, 1.54) is 0 Å². The van der Waals surface area contributed by atoms with E-state index in [1.54, 1.807) is 25.1 Å². The Labute approximate surface area is 135 Å². The minimum atomic E-state index is -3.47. The third kappa shape index (κ3) is 3.43. The summed E-state index contributed by atoms with van der Waals surface area (Å²) in [6.07, 6.45) is 0.624. The van der Waals surface area contributed by atoms with E-state index in [2.05, 4.69) is 14.7 Å². The third-order valence-electron chi connectivity index (χ3n) is 3.75. The molecule has 0 aliphatic carbocycles. The lowest BCUT2D eigenvalue weighted by molar-refractivity contribution is 0.581. The molecule has 3 aromatic rings. The number of sulfonamides is 1. The lowest BCUT2D eigenvalue weighted by Crippen LogP contribution is -2.26. The van der Waals surface area contributed by atoms with Crippen LogP contribution in [-0.2, 0) is 16.4 Å². The average molecular weight is 329 g/mol. The SMILES string of the molecule is Cc1nc2ccc(CCNS(=O)(=O)c3ccccc3C)cc2[nH]1. The molecule has 0 aliphatic heterocycles. The summed E-state index contributed by atoms with van der Waals surface area (Å²) < 4.78 is 27.3. The first kappa shape index (κ1) is 15.7. The molecule has 1 aromatic heterocycles. The van der Waals surface area contributed by atoms with Crippen LogP contribution < -0.4 is 4.72 Å². The minimum Gasteiger partial charge on any atom is -0.342 e. The molecule has 0 radical (unpaired) electrons. The fraction of sp³-hybridized carbons (Fsp3) is 0.235. The molecule has 3 rings (SSSR count). The van der Waals surface area contributed by atoms with Crippen LogP contribution in [0.4, 0.5) is 0 Å². The number of nitrogens with zero attached hydrogens (tertiary/aromatic N) is 1. The summed E-state index contributed by atoms with van der Waals surface area (Å²) >= 11 is 0. The predicted octanol–water partition coefficient (Wildman–Crippen LogP) is 2.70. The highest BCUT2D eigenvalue weighted by Crippen LogP contribution is 2.15. The number of benzene rings is 2. The Kier molecular flexibility index (Phi) is 4.19. The highest BCUT2D eigenvalue weighted by molar-refractivity contribution is 7.89. The molecule has 0 aliphatic rings. The zero-order chi connectivity index (χ0) is 16.4. The molecule has 2 N–H and O–H groups in total. The molecule has 0 atom stereocenters. The van der Waals surface area contributed by atoms with Gasteiger partial charge in [0.05, 0.1) is 15.9 Å². The Hall–Kier alpha value is -2.18. The van der Waals surface area contributed by atoms with E-state index in [0.717, 1.165) is 28.0 Å². The van der Waals surface area contributed by atoms with E-state index in [0.29, 0.717) is 17.9 Å². The number of aromatic amines is 1. The van der Waals surface area contributed by atoms with Gasteiger partial charge in [-0.15, -0.1) is 0 Å². The minimum absolute atomic E-state index is 0.333. The molecule has 5 nitrogen and oxygen atoms in total. The molecule has 0 saturated heterocycles. The first-order valence-electron chi connectivity index (χ1n) is 7.46. The maximum atomic E-state index is 12.3. The van der Waals surface area contributed by atoms with Crippen LogP contribution in [0.2, 0.25) is 0 Å². The summed E-state index contributed by atoms with van der Waals surface area (Å²) in [5, 5.41) is 0. The Balaban J connectivity index is 1.69. The van der Waals surface area contributed by atoms with Crippen LogP contribution in [0.5, 0.6) is 0 Å². The van der Waals surface area contributed by atoms with Gasteiger partial charge in [0.2, 0.25) is 10.0 Å². The predicted molar refractivity (Wildman–Crippen MR) is 90.9 cm³/mol. The molecule has 120 valence electrons. The maximum absolute atomic E-state index is 12.3. The number of aromatic nitrogens is 2. The smallest absolute Gasteiger partial charge is 0.240 e. The second-order valence-corrected chi connectivity index (χ2v) is 7.32. The summed E-state index contributed by atoms with van der Waals surface area (Å²) in [6, 6.07) is 12.9. The normalized spacial score (nSPS) is 11.9. The van der Waals surface area contributed by atoms with Crippen LogP contribution in [0.25, 0.3) is 11.0 Å². The Bertz CT molecular complexity index is 945. The van der Waals surface area contributed by atoms with E-state index in [1.807, 2.05) is 31.2 Å². The Morgan fingerprint density at radius 1 is 1.13 bits per heavy atom. The molecule has 2 aromatic carbocycles. The molecular weight excluding hydrogens is 310 g/mol. The van der Waals surface area contributed by atoms with E-state index < -0.39 is 10.0 Å². The molecule has 0 unspecified atom stereocenters. The highest BCUT2D eigenvalue weighted by atomic mass is 32.2. The van der Waals surface area contributed by atoms with Gasteiger partial charge in [-0.25, -0.2) is 18.1 Å². The van der Waals surface area contributed by atoms with E-state index in [9.17, 15) is 8.42 Å². The molecule has 0 fully saturated rings. The fourth-order valence-corrected chi connectivity index (χ4v) is 3.88. The van der Waals surface area contributed by atoms with Gasteiger partial charge in [-0.3, -0.25) is 0 Å². The van der Waals surface area contributed by atoms with Crippen molar-refractivity contribution >= 4 is 21.1 Å². The van der Waals surface area contributed by atoms with Gasteiger partial charge in [0, 0.05) is 6.54 Å². The number of aryl methyl sites for hydroxylation is 2. The summed E-state index contributed by atoms with van der Waals surface area (Å²) in [5.41, 5.74) is 3.71. The number of hydrogen-bond donors (Lipinski definition) is 2. The number of rotatable bonds is 5. The molecule has 1 heterocycles. The summed E-state index contributed by atoms with van der Waals surface area (Å²) in [6.45, 7) is 4.06. The molecule has 6 heteroatoms. The fourth-order valence-electron chi connectivity index (χ4n) is 2.61. The highest BCUT2D eigenvalue weighted by Gasteiger charge is 2.15. The maximum Gasteiger partial charge on any atom is 0.240 e. The number of nitrogens with one attached hydrogen (secondary N) is 2. The van der Waals surface area contributed by atoms with Crippen molar-refractivity contribution in [3.05, 3.63) is 59.4 Å². The number of hydrogen-bond acceptors (Lipinski definition) is 3. The van der Waals surface area contributed by atoms with Crippen molar-refractivity contribution in [2.24, 2.45) is 0 Å². The van der Waals surface area contributed by atoms with E-state index in [4.69, 9.17) is 0 Å². The molecule has 0 saturated carbocycles. The van der Waals surface area contributed by atoms with Gasteiger partial charge in [-0.05, 0) is 49.6 Å². The van der Waals surface area contributed by atoms with Crippen LogP contribution >= 0.6 is 0 Å². The second kappa shape index (κ2) is 6.14. The van der Waals surface area contributed by atoms with Gasteiger partial charge in [-0.1, -0.05) is 24.3 Å². The molecular formula is C17H19N3O2S. The first-order chi connectivity index (χ1) is 11.0. The van der Waals surface area contributed by atoms with Crippen molar-refractivity contribution in [1.29, 1.82) is 0 Å². The van der Waals surface area contributed by atoms with Crippen molar-refractivity contribution < 1.29 is 8.42 Å². The largest absolute Gasteiger partial charge is 0.342 e. The second-order valence-electron chi connectivity index (χ2n) is 5.59. The number of fused-ring (bicyclic) bond motifs is 1. The molecule has 0 bridgehead atoms. The summed E-state index contributed by atoms with van der Waals surface area (Å²) in [7, 11) is -3.47. The van der Waals surface area contributed by atoms with Crippen molar-refractivity contribution in [2.45, 2.75) is 25.2 Å². The zero-order valence-corrected chi connectivity index (χ0v) is 13.9. The number of H-pyrrole nitrogens is 1. The Morgan fingerprint density at radius 2 is 1.91 bits per heavy atom. The quantitative estimate of drug-likeness (QED) is 0.756. The van der Waals surface area contributed by atoms with Crippen molar-refractivity contribution in [1.82, 2.24) is 14.7 Å². The number of imidazole rings is 1. The lowest BCUT2D eigenvalue weighted by Gasteiger charge is -2.09. The molecule has 0 spiro atoms. The van der Waals surface area contributed by atoms with Gasteiger partial charge in [0.25, 0.3) is 0 Å². The van der Waals surface area contributed by atoms with Gasteiger partial charge >= 0.3 is 0 Å². The Morgan fingerprint density at radius 3 is 2.70 bits per heavy atom. The lowest BCUT2D eigenvalue weighted by atomic mass is 10.1. The summed E-state index contributed by atoms with van der Waals surface area (Å²) in [5.74, 6) is 0.873. The molecule has 23 heavy (non-hydrogen) atoms. The van der Waals surface area contributed by atoms with Crippen LogP contribution in [0.15, 0.2) is 47.4 Å². The van der Waals surface area contributed by atoms with Gasteiger partial charge in [0.1, 0.15) is 5.82 Å². The topological polar surface area (TPSA) is 74.8 Å². The monoisotopic (exact) mass is 329 g/mol. The average Bonchev–Trinajstić information content (AvgIpc) is 2.86. The van der Waals surface area contributed by atoms with E-state index in [-0.39, 0.29) is 0 Å². The van der Waals surface area contributed by atoms with Gasteiger partial charge < -0.3 is 4.98 Å². The van der Waals surface area contributed by atoms with Crippen molar-refractivity contribution in [2.75, 3.05) is 6.54 Å². The van der Waals surface area contributed by atoms with Crippen LogP contribution in [0.3, 0.4) is 0 Å². The van der Waals surface area contributed by atoms with Crippen LogP contribution in [0, 0.1) is 13.8 Å². The van der Waals surface area contributed by atoms with Crippen molar-refractivity contribution in [3.63, 3.8) is 0 Å².